The number of amides is 2. The molecule has 2 amide bonds. The van der Waals surface area contributed by atoms with E-state index in [1.54, 1.807) is 0 Å². The molecule has 102 valence electrons. The third-order valence-corrected chi connectivity index (χ3v) is 2.88. The van der Waals surface area contributed by atoms with E-state index in [1.807, 2.05) is 0 Å². The summed E-state index contributed by atoms with van der Waals surface area (Å²) in [7, 11) is 1.45. The lowest BCUT2D eigenvalue weighted by Crippen LogP contribution is -2.32. The summed E-state index contributed by atoms with van der Waals surface area (Å²) in [4.78, 5) is 23.4. The fourth-order valence-corrected chi connectivity index (χ4v) is 2.04. The van der Waals surface area contributed by atoms with Crippen molar-refractivity contribution in [2.45, 2.75) is 6.04 Å². The van der Waals surface area contributed by atoms with Crippen LogP contribution in [0.4, 0.5) is 9.18 Å². The highest BCUT2D eigenvalue weighted by atomic mass is 19.1. The van der Waals surface area contributed by atoms with Gasteiger partial charge in [-0.3, -0.25) is 4.79 Å². The smallest absolute Gasteiger partial charge is 0.323 e. The van der Waals surface area contributed by atoms with Crippen LogP contribution in [0.3, 0.4) is 0 Å². The van der Waals surface area contributed by atoms with Crippen molar-refractivity contribution in [2.24, 2.45) is 0 Å². The summed E-state index contributed by atoms with van der Waals surface area (Å²) in [6.07, 6.45) is 0. The second-order valence-corrected chi connectivity index (χ2v) is 4.16. The van der Waals surface area contributed by atoms with Crippen LogP contribution in [0.5, 0.6) is 5.75 Å². The second kappa shape index (κ2) is 5.13. The van der Waals surface area contributed by atoms with E-state index in [1.165, 1.54) is 25.3 Å². The molecule has 0 bridgehead atoms. The predicted octanol–water partition coefficient (Wildman–Crippen LogP) is 0.985. The first-order valence-electron chi connectivity index (χ1n) is 5.62. The molecule has 1 unspecified atom stereocenters. The van der Waals surface area contributed by atoms with Gasteiger partial charge in [0, 0.05) is 12.1 Å². The summed E-state index contributed by atoms with van der Waals surface area (Å²) >= 11 is 0. The highest BCUT2D eigenvalue weighted by Crippen LogP contribution is 2.29. The number of ether oxygens (including phenoxy) is 1. The van der Waals surface area contributed by atoms with Crippen molar-refractivity contribution in [3.8, 4) is 5.75 Å². The fourth-order valence-electron chi connectivity index (χ4n) is 2.04. The molecule has 1 aliphatic heterocycles. The van der Waals surface area contributed by atoms with E-state index in [0.29, 0.717) is 11.3 Å². The van der Waals surface area contributed by atoms with Crippen LogP contribution in [0.15, 0.2) is 18.2 Å². The van der Waals surface area contributed by atoms with Gasteiger partial charge in [0.2, 0.25) is 0 Å². The van der Waals surface area contributed by atoms with E-state index < -0.39 is 23.9 Å². The number of hydrogen-bond donors (Lipinski definition) is 2. The Labute approximate surface area is 108 Å². The van der Waals surface area contributed by atoms with Crippen LogP contribution in [0.1, 0.15) is 11.6 Å². The van der Waals surface area contributed by atoms with Crippen LogP contribution < -0.4 is 10.1 Å². The van der Waals surface area contributed by atoms with Gasteiger partial charge in [-0.05, 0) is 18.2 Å². The minimum absolute atomic E-state index is 0.158. The van der Waals surface area contributed by atoms with Gasteiger partial charge in [-0.25, -0.2) is 9.18 Å². The maximum atomic E-state index is 13.3. The Hall–Kier alpha value is -2.31. The number of carboxylic acids is 1. The van der Waals surface area contributed by atoms with Crippen molar-refractivity contribution in [2.75, 3.05) is 20.2 Å². The standard InChI is InChI=1S/C12H13FN2O4/c1-19-10-3-2-7(13)4-8(10)9-5-15(6-11(16)17)12(18)14-9/h2-4,9H,5-6H2,1H3,(H,14,18)(H,16,17). The molecule has 0 saturated carbocycles. The lowest BCUT2D eigenvalue weighted by atomic mass is 10.1. The molecule has 0 aromatic heterocycles. The Bertz CT molecular complexity index is 520. The van der Waals surface area contributed by atoms with E-state index in [9.17, 15) is 14.0 Å². The highest BCUT2D eigenvalue weighted by molar-refractivity contribution is 5.82. The number of carbonyl (C=O) groups is 2. The summed E-state index contributed by atoms with van der Waals surface area (Å²) in [6, 6.07) is 3.02. The molecule has 19 heavy (non-hydrogen) atoms. The third-order valence-electron chi connectivity index (χ3n) is 2.88. The zero-order valence-corrected chi connectivity index (χ0v) is 10.2. The molecule has 2 N–H and O–H groups in total. The van der Waals surface area contributed by atoms with Gasteiger partial charge in [0.1, 0.15) is 18.1 Å². The second-order valence-electron chi connectivity index (χ2n) is 4.16. The first-order chi connectivity index (χ1) is 9.01. The van der Waals surface area contributed by atoms with Crippen molar-refractivity contribution in [3.05, 3.63) is 29.6 Å². The lowest BCUT2D eigenvalue weighted by Gasteiger charge is -2.14. The van der Waals surface area contributed by atoms with Crippen molar-refractivity contribution in [3.63, 3.8) is 0 Å². The SMILES string of the molecule is COc1ccc(F)cc1C1CN(CC(=O)O)C(=O)N1. The van der Waals surface area contributed by atoms with Crippen LogP contribution >= 0.6 is 0 Å². The molecule has 1 fully saturated rings. The van der Waals surface area contributed by atoms with Gasteiger partial charge in [-0.15, -0.1) is 0 Å². The van der Waals surface area contributed by atoms with Gasteiger partial charge in [0.15, 0.2) is 0 Å². The predicted molar refractivity (Wildman–Crippen MR) is 63.4 cm³/mol. The summed E-state index contributed by atoms with van der Waals surface area (Å²) < 4.78 is 18.4. The number of carbonyl (C=O) groups excluding carboxylic acids is 1. The van der Waals surface area contributed by atoms with E-state index in [4.69, 9.17) is 9.84 Å². The van der Waals surface area contributed by atoms with Crippen molar-refractivity contribution in [1.29, 1.82) is 0 Å². The number of carboxylic acid groups (broad SMARTS) is 1. The highest BCUT2D eigenvalue weighted by Gasteiger charge is 2.32. The largest absolute Gasteiger partial charge is 0.496 e. The molecule has 7 heteroatoms. The van der Waals surface area contributed by atoms with Gasteiger partial charge in [0.25, 0.3) is 0 Å². The van der Waals surface area contributed by atoms with E-state index in [2.05, 4.69) is 5.32 Å². The molecular weight excluding hydrogens is 255 g/mol. The molecule has 6 nitrogen and oxygen atoms in total. The number of nitrogens with one attached hydrogen (secondary N) is 1. The molecule has 1 aromatic carbocycles. The molecule has 1 heterocycles. The third kappa shape index (κ3) is 2.75. The molecule has 1 aliphatic rings. The maximum absolute atomic E-state index is 13.3. The van der Waals surface area contributed by atoms with Crippen LogP contribution in [-0.4, -0.2) is 42.2 Å². The first kappa shape index (κ1) is 13.1. The van der Waals surface area contributed by atoms with Crippen LogP contribution in [0.2, 0.25) is 0 Å². The molecular formula is C12H13FN2O4. The molecule has 0 spiro atoms. The summed E-state index contributed by atoms with van der Waals surface area (Å²) in [5.74, 6) is -1.09. The number of rotatable bonds is 4. The number of nitrogens with zero attached hydrogens (tertiary/aromatic N) is 1. The maximum Gasteiger partial charge on any atom is 0.323 e. The zero-order valence-electron chi connectivity index (χ0n) is 10.2. The van der Waals surface area contributed by atoms with Crippen molar-refractivity contribution in [1.82, 2.24) is 10.2 Å². The van der Waals surface area contributed by atoms with Gasteiger partial charge < -0.3 is 20.1 Å². The normalized spacial score (nSPS) is 18.3. The summed E-state index contributed by atoms with van der Waals surface area (Å²) in [5.41, 5.74) is 0.490. The molecule has 1 atom stereocenters. The van der Waals surface area contributed by atoms with Crippen LogP contribution in [-0.2, 0) is 4.79 Å². The topological polar surface area (TPSA) is 78.9 Å². The van der Waals surface area contributed by atoms with E-state index in [-0.39, 0.29) is 13.1 Å². The van der Waals surface area contributed by atoms with Gasteiger partial charge in [-0.1, -0.05) is 0 Å². The minimum atomic E-state index is -1.10. The van der Waals surface area contributed by atoms with Crippen molar-refractivity contribution < 1.29 is 23.8 Å². The Morgan fingerprint density at radius 2 is 2.37 bits per heavy atom. The van der Waals surface area contributed by atoms with Crippen LogP contribution in [0, 0.1) is 5.82 Å². The number of halogens is 1. The molecule has 0 aliphatic carbocycles. The Balaban J connectivity index is 2.22. The quantitative estimate of drug-likeness (QED) is 0.853. The summed E-state index contributed by atoms with van der Waals surface area (Å²) in [6.45, 7) is -0.231. The number of methoxy groups -OCH3 is 1. The monoisotopic (exact) mass is 268 g/mol. The first-order valence-corrected chi connectivity index (χ1v) is 5.62. The fraction of sp³-hybridized carbons (Fsp3) is 0.333. The molecule has 1 aromatic rings. The van der Waals surface area contributed by atoms with Gasteiger partial charge in [0.05, 0.1) is 13.2 Å². The van der Waals surface area contributed by atoms with E-state index in [0.717, 1.165) is 4.90 Å². The zero-order chi connectivity index (χ0) is 14.0. The molecule has 2 rings (SSSR count). The van der Waals surface area contributed by atoms with Crippen LogP contribution in [0.25, 0.3) is 0 Å². The lowest BCUT2D eigenvalue weighted by molar-refractivity contribution is -0.137. The minimum Gasteiger partial charge on any atom is -0.496 e. The van der Waals surface area contributed by atoms with Gasteiger partial charge in [-0.2, -0.15) is 0 Å². The van der Waals surface area contributed by atoms with Crippen molar-refractivity contribution >= 4 is 12.0 Å². The molecule has 1 saturated heterocycles. The number of urea groups is 1. The average molecular weight is 268 g/mol. The number of benzene rings is 1. The average Bonchev–Trinajstić information content (AvgIpc) is 2.70. The van der Waals surface area contributed by atoms with Gasteiger partial charge >= 0.3 is 12.0 Å². The van der Waals surface area contributed by atoms with E-state index >= 15 is 0 Å². The number of aliphatic carboxylic acids is 1. The Morgan fingerprint density at radius 3 is 3.00 bits per heavy atom. The molecule has 0 radical (unpaired) electrons. The Kier molecular flexibility index (Phi) is 3.55. The Morgan fingerprint density at radius 1 is 1.63 bits per heavy atom. The summed E-state index contributed by atoms with van der Waals surface area (Å²) in [5, 5.41) is 11.3. The number of hydrogen-bond acceptors (Lipinski definition) is 3.